The number of ketones is 1. The Hall–Kier alpha value is -3.20. The van der Waals surface area contributed by atoms with Crippen LogP contribution in [0, 0.1) is 0 Å². The Kier molecular flexibility index (Phi) is 7.14. The summed E-state index contributed by atoms with van der Waals surface area (Å²) < 4.78 is 0. The van der Waals surface area contributed by atoms with Crippen molar-refractivity contribution in [2.75, 3.05) is 0 Å². The van der Waals surface area contributed by atoms with Gasteiger partial charge in [0.05, 0.1) is 19.5 Å². The predicted molar refractivity (Wildman–Crippen MR) is 115 cm³/mol. The summed E-state index contributed by atoms with van der Waals surface area (Å²) in [6.07, 6.45) is 1.10. The van der Waals surface area contributed by atoms with E-state index in [-0.39, 0.29) is 5.78 Å². The molecule has 3 rings (SSSR count). The Balaban J connectivity index is 1.79. The zero-order valence-electron chi connectivity index (χ0n) is 16.3. The van der Waals surface area contributed by atoms with Crippen LogP contribution in [0.25, 0.3) is 0 Å². The first-order valence-electron chi connectivity index (χ1n) is 9.72. The smallest absolute Gasteiger partial charge is 0.168 e. The Morgan fingerprint density at radius 3 is 1.68 bits per heavy atom. The molecule has 0 radical (unpaired) electrons. The topological polar surface area (TPSA) is 32.7 Å². The average molecular weight is 370 g/mol. The van der Waals surface area contributed by atoms with E-state index in [0.717, 1.165) is 17.7 Å². The molecule has 28 heavy (non-hydrogen) atoms. The van der Waals surface area contributed by atoms with Gasteiger partial charge in [-0.1, -0.05) is 97.9 Å². The molecule has 0 aliphatic carbocycles. The first-order chi connectivity index (χ1) is 13.7. The Morgan fingerprint density at radius 1 is 0.750 bits per heavy atom. The van der Waals surface area contributed by atoms with Gasteiger partial charge in [-0.25, -0.2) is 0 Å². The van der Waals surface area contributed by atoms with Crippen LogP contribution in [-0.2, 0) is 13.1 Å². The highest BCUT2D eigenvalue weighted by molar-refractivity contribution is 6.09. The second kappa shape index (κ2) is 10.2. The van der Waals surface area contributed by atoms with Crippen LogP contribution in [-0.4, -0.2) is 16.5 Å². The first kappa shape index (κ1) is 19.6. The van der Waals surface area contributed by atoms with Gasteiger partial charge in [-0.15, -0.1) is 0 Å². The molecule has 3 heteroatoms. The standard InChI is InChI=1S/C25H26N2O/c1-2-24(18-25(28)23-16-10-5-11-17-23)26-27(19-21-12-6-3-7-13-21)20-22-14-8-4-9-15-22/h3-17H,2,18-20H2,1H3/b26-24+. The predicted octanol–water partition coefficient (Wildman–Crippen LogP) is 5.73. The highest BCUT2D eigenvalue weighted by Crippen LogP contribution is 2.13. The summed E-state index contributed by atoms with van der Waals surface area (Å²) in [6, 6.07) is 30.1. The van der Waals surface area contributed by atoms with E-state index < -0.39 is 0 Å². The van der Waals surface area contributed by atoms with Crippen molar-refractivity contribution in [3.8, 4) is 0 Å². The van der Waals surface area contributed by atoms with E-state index in [9.17, 15) is 4.79 Å². The Labute approximate surface area is 167 Å². The lowest BCUT2D eigenvalue weighted by Gasteiger charge is -2.21. The van der Waals surface area contributed by atoms with E-state index in [2.05, 4.69) is 36.2 Å². The second-order valence-electron chi connectivity index (χ2n) is 6.78. The summed E-state index contributed by atoms with van der Waals surface area (Å²) >= 11 is 0. The lowest BCUT2D eigenvalue weighted by atomic mass is 10.0. The number of hydrazone groups is 1. The summed E-state index contributed by atoms with van der Waals surface area (Å²) in [5.41, 5.74) is 4.04. The highest BCUT2D eigenvalue weighted by atomic mass is 16.1. The van der Waals surface area contributed by atoms with E-state index in [4.69, 9.17) is 5.10 Å². The van der Waals surface area contributed by atoms with Crippen LogP contribution in [0.2, 0.25) is 0 Å². The number of nitrogens with zero attached hydrogens (tertiary/aromatic N) is 2. The number of rotatable bonds is 9. The molecule has 0 saturated heterocycles. The maximum atomic E-state index is 12.6. The monoisotopic (exact) mass is 370 g/mol. The number of carbonyl (C=O) groups excluding carboxylic acids is 1. The van der Waals surface area contributed by atoms with Crippen molar-refractivity contribution in [2.45, 2.75) is 32.9 Å². The van der Waals surface area contributed by atoms with Gasteiger partial charge in [0, 0.05) is 11.3 Å². The number of Topliss-reactive ketones (excluding diaryl/α,β-unsaturated/α-hetero) is 1. The zero-order valence-corrected chi connectivity index (χ0v) is 16.3. The molecule has 0 unspecified atom stereocenters. The number of benzene rings is 3. The van der Waals surface area contributed by atoms with Crippen LogP contribution in [0.5, 0.6) is 0 Å². The van der Waals surface area contributed by atoms with Gasteiger partial charge in [0.1, 0.15) is 0 Å². The Bertz CT molecular complexity index is 848. The van der Waals surface area contributed by atoms with E-state index >= 15 is 0 Å². The minimum absolute atomic E-state index is 0.112. The van der Waals surface area contributed by atoms with E-state index in [1.807, 2.05) is 66.7 Å². The maximum Gasteiger partial charge on any atom is 0.168 e. The third kappa shape index (κ3) is 5.92. The van der Waals surface area contributed by atoms with Crippen LogP contribution >= 0.6 is 0 Å². The van der Waals surface area contributed by atoms with Crippen molar-refractivity contribution in [1.29, 1.82) is 0 Å². The van der Waals surface area contributed by atoms with Gasteiger partial charge in [-0.05, 0) is 17.5 Å². The lowest BCUT2D eigenvalue weighted by Crippen LogP contribution is -2.20. The molecule has 0 atom stereocenters. The van der Waals surface area contributed by atoms with Crippen molar-refractivity contribution in [1.82, 2.24) is 5.01 Å². The molecule has 3 nitrogen and oxygen atoms in total. The van der Waals surface area contributed by atoms with Gasteiger partial charge < -0.3 is 0 Å². The Morgan fingerprint density at radius 2 is 1.21 bits per heavy atom. The minimum atomic E-state index is 0.112. The van der Waals surface area contributed by atoms with Gasteiger partial charge in [-0.2, -0.15) is 5.10 Å². The fourth-order valence-corrected chi connectivity index (χ4v) is 3.06. The van der Waals surface area contributed by atoms with Crippen molar-refractivity contribution in [2.24, 2.45) is 5.10 Å². The van der Waals surface area contributed by atoms with Crippen LogP contribution in [0.4, 0.5) is 0 Å². The molecule has 0 spiro atoms. The molecule has 0 N–H and O–H groups in total. The summed E-state index contributed by atoms with van der Waals surface area (Å²) in [5, 5.41) is 6.94. The summed E-state index contributed by atoms with van der Waals surface area (Å²) in [5.74, 6) is 0.112. The van der Waals surface area contributed by atoms with E-state index in [1.165, 1.54) is 11.1 Å². The van der Waals surface area contributed by atoms with Crippen molar-refractivity contribution in [3.05, 3.63) is 108 Å². The molecule has 3 aromatic rings. The highest BCUT2D eigenvalue weighted by Gasteiger charge is 2.11. The molecule has 0 aliphatic rings. The van der Waals surface area contributed by atoms with Gasteiger partial charge in [0.25, 0.3) is 0 Å². The van der Waals surface area contributed by atoms with E-state index in [1.54, 1.807) is 0 Å². The van der Waals surface area contributed by atoms with Gasteiger partial charge in [-0.3, -0.25) is 9.80 Å². The number of hydrogen-bond acceptors (Lipinski definition) is 3. The number of carbonyl (C=O) groups is 1. The second-order valence-corrected chi connectivity index (χ2v) is 6.78. The maximum absolute atomic E-state index is 12.6. The molecule has 0 aromatic heterocycles. The summed E-state index contributed by atoms with van der Waals surface area (Å²) in [4.78, 5) is 12.6. The summed E-state index contributed by atoms with van der Waals surface area (Å²) in [7, 11) is 0. The van der Waals surface area contributed by atoms with Gasteiger partial charge >= 0.3 is 0 Å². The number of hydrogen-bond donors (Lipinski definition) is 0. The average Bonchev–Trinajstić information content (AvgIpc) is 2.75. The third-order valence-corrected chi connectivity index (χ3v) is 4.57. The van der Waals surface area contributed by atoms with Crippen LogP contribution in [0.1, 0.15) is 41.3 Å². The minimum Gasteiger partial charge on any atom is -0.294 e. The molecule has 0 fully saturated rings. The molecular formula is C25H26N2O. The largest absolute Gasteiger partial charge is 0.294 e. The fourth-order valence-electron chi connectivity index (χ4n) is 3.06. The van der Waals surface area contributed by atoms with Gasteiger partial charge in [0.2, 0.25) is 0 Å². The molecule has 3 aromatic carbocycles. The summed E-state index contributed by atoms with van der Waals surface area (Å²) in [6.45, 7) is 3.47. The first-order valence-corrected chi connectivity index (χ1v) is 9.72. The van der Waals surface area contributed by atoms with Crippen molar-refractivity contribution >= 4 is 11.5 Å². The molecule has 142 valence electrons. The SMILES string of the molecule is CC/C(CC(=O)c1ccccc1)=N\N(Cc1ccccc1)Cc1ccccc1. The zero-order chi connectivity index (χ0) is 19.6. The van der Waals surface area contributed by atoms with Crippen LogP contribution in [0.3, 0.4) is 0 Å². The van der Waals surface area contributed by atoms with Crippen LogP contribution in [0.15, 0.2) is 96.1 Å². The van der Waals surface area contributed by atoms with Crippen molar-refractivity contribution in [3.63, 3.8) is 0 Å². The molecule has 0 saturated carbocycles. The third-order valence-electron chi connectivity index (χ3n) is 4.57. The normalized spacial score (nSPS) is 11.2. The molecule has 0 amide bonds. The van der Waals surface area contributed by atoms with Crippen LogP contribution < -0.4 is 0 Å². The van der Waals surface area contributed by atoms with Crippen molar-refractivity contribution < 1.29 is 4.79 Å². The quantitative estimate of drug-likeness (QED) is 0.274. The molecule has 0 aliphatic heterocycles. The van der Waals surface area contributed by atoms with E-state index in [0.29, 0.717) is 19.5 Å². The molecule has 0 heterocycles. The van der Waals surface area contributed by atoms with Gasteiger partial charge in [0.15, 0.2) is 5.78 Å². The molecular weight excluding hydrogens is 344 g/mol. The molecule has 0 bridgehead atoms. The fraction of sp³-hybridized carbons (Fsp3) is 0.200. The lowest BCUT2D eigenvalue weighted by molar-refractivity contribution is 0.0999.